The van der Waals surface area contributed by atoms with E-state index in [-0.39, 0.29) is 31.4 Å². The van der Waals surface area contributed by atoms with Gasteiger partial charge >= 0.3 is 5.97 Å². The lowest BCUT2D eigenvalue weighted by Crippen LogP contribution is -2.53. The van der Waals surface area contributed by atoms with Gasteiger partial charge in [0.15, 0.2) is 0 Å². The second-order valence-electron chi connectivity index (χ2n) is 7.54. The number of carboxylic acids is 1. The Labute approximate surface area is 158 Å². The van der Waals surface area contributed by atoms with Crippen LogP contribution in [-0.2, 0) is 25.7 Å². The average Bonchev–Trinajstić information content (AvgIpc) is 3.03. The van der Waals surface area contributed by atoms with Crippen LogP contribution in [0, 0.1) is 11.3 Å². The van der Waals surface area contributed by atoms with Gasteiger partial charge in [-0.05, 0) is 18.4 Å². The number of hydrogen-bond donors (Lipinski definition) is 1. The van der Waals surface area contributed by atoms with Gasteiger partial charge in [0, 0.05) is 39.7 Å². The van der Waals surface area contributed by atoms with Gasteiger partial charge in [0.1, 0.15) is 5.41 Å². The largest absolute Gasteiger partial charge is 0.481 e. The van der Waals surface area contributed by atoms with Crippen LogP contribution in [-0.4, -0.2) is 66.0 Å². The van der Waals surface area contributed by atoms with Crippen molar-refractivity contribution in [3.63, 3.8) is 0 Å². The van der Waals surface area contributed by atoms with E-state index < -0.39 is 17.3 Å². The van der Waals surface area contributed by atoms with E-state index in [4.69, 9.17) is 4.74 Å². The Balaban J connectivity index is 1.65. The van der Waals surface area contributed by atoms with Gasteiger partial charge in [0.05, 0.1) is 12.5 Å². The zero-order valence-corrected chi connectivity index (χ0v) is 15.6. The SMILES string of the molecule is COCC1(C(=O)O)CCCN(C(=O)C2CC(=O)N(Cc3ccccc3)C2)C1. The summed E-state index contributed by atoms with van der Waals surface area (Å²) in [6.07, 6.45) is 1.30. The average molecular weight is 374 g/mol. The fourth-order valence-corrected chi connectivity index (χ4v) is 4.10. The van der Waals surface area contributed by atoms with Crippen molar-refractivity contribution in [1.29, 1.82) is 0 Å². The molecule has 0 aromatic heterocycles. The normalized spacial score (nSPS) is 25.7. The number of rotatable bonds is 6. The van der Waals surface area contributed by atoms with E-state index in [9.17, 15) is 19.5 Å². The van der Waals surface area contributed by atoms with Gasteiger partial charge in [-0.2, -0.15) is 0 Å². The molecule has 7 nitrogen and oxygen atoms in total. The number of carbonyl (C=O) groups is 3. The van der Waals surface area contributed by atoms with Crippen LogP contribution in [0.15, 0.2) is 30.3 Å². The number of amides is 2. The van der Waals surface area contributed by atoms with Crippen molar-refractivity contribution in [2.75, 3.05) is 33.4 Å². The number of ether oxygens (including phenoxy) is 1. The minimum Gasteiger partial charge on any atom is -0.481 e. The first-order chi connectivity index (χ1) is 12.9. The van der Waals surface area contributed by atoms with Crippen LogP contribution in [0.5, 0.6) is 0 Å². The van der Waals surface area contributed by atoms with E-state index in [0.717, 1.165) is 5.56 Å². The van der Waals surface area contributed by atoms with E-state index in [2.05, 4.69) is 0 Å². The summed E-state index contributed by atoms with van der Waals surface area (Å²) in [7, 11) is 1.47. The number of benzene rings is 1. The molecule has 0 spiro atoms. The minimum absolute atomic E-state index is 0.0319. The predicted molar refractivity (Wildman–Crippen MR) is 97.7 cm³/mol. The summed E-state index contributed by atoms with van der Waals surface area (Å²) in [6.45, 7) is 1.62. The lowest BCUT2D eigenvalue weighted by molar-refractivity contribution is -0.160. The molecule has 2 aliphatic heterocycles. The zero-order valence-electron chi connectivity index (χ0n) is 15.6. The van der Waals surface area contributed by atoms with E-state index >= 15 is 0 Å². The van der Waals surface area contributed by atoms with Crippen LogP contribution >= 0.6 is 0 Å². The smallest absolute Gasteiger partial charge is 0.313 e. The number of likely N-dealkylation sites (tertiary alicyclic amines) is 2. The Morgan fingerprint density at radius 2 is 2.04 bits per heavy atom. The van der Waals surface area contributed by atoms with Gasteiger partial charge in [-0.1, -0.05) is 30.3 Å². The Kier molecular flexibility index (Phi) is 5.79. The zero-order chi connectivity index (χ0) is 19.4. The van der Waals surface area contributed by atoms with Gasteiger partial charge < -0.3 is 19.6 Å². The summed E-state index contributed by atoms with van der Waals surface area (Å²) >= 11 is 0. The Morgan fingerprint density at radius 3 is 2.70 bits per heavy atom. The van der Waals surface area contributed by atoms with Crippen molar-refractivity contribution >= 4 is 17.8 Å². The second kappa shape index (κ2) is 8.08. The first-order valence-corrected chi connectivity index (χ1v) is 9.28. The third kappa shape index (κ3) is 4.13. The maximum atomic E-state index is 13.0. The minimum atomic E-state index is -1.06. The monoisotopic (exact) mass is 374 g/mol. The van der Waals surface area contributed by atoms with E-state index in [0.29, 0.717) is 32.5 Å². The number of nitrogens with zero attached hydrogens (tertiary/aromatic N) is 2. The number of piperidine rings is 1. The van der Waals surface area contributed by atoms with Crippen LogP contribution < -0.4 is 0 Å². The molecule has 0 bridgehead atoms. The van der Waals surface area contributed by atoms with Crippen LogP contribution in [0.25, 0.3) is 0 Å². The maximum absolute atomic E-state index is 13.0. The number of methoxy groups -OCH3 is 1. The first kappa shape index (κ1) is 19.4. The molecular weight excluding hydrogens is 348 g/mol. The molecule has 0 saturated carbocycles. The number of carboxylic acid groups (broad SMARTS) is 1. The van der Waals surface area contributed by atoms with Crippen molar-refractivity contribution in [2.24, 2.45) is 11.3 Å². The molecule has 2 heterocycles. The summed E-state index contributed by atoms with van der Waals surface area (Å²) in [6, 6.07) is 9.69. The summed E-state index contributed by atoms with van der Waals surface area (Å²) in [5.74, 6) is -1.50. The lowest BCUT2D eigenvalue weighted by Gasteiger charge is -2.40. The van der Waals surface area contributed by atoms with Crippen molar-refractivity contribution in [3.8, 4) is 0 Å². The van der Waals surface area contributed by atoms with Crippen LogP contribution in [0.4, 0.5) is 0 Å². The molecule has 27 heavy (non-hydrogen) atoms. The molecule has 146 valence electrons. The molecule has 3 rings (SSSR count). The molecule has 2 aliphatic rings. The first-order valence-electron chi connectivity index (χ1n) is 9.28. The third-order valence-electron chi connectivity index (χ3n) is 5.54. The van der Waals surface area contributed by atoms with Gasteiger partial charge in [0.25, 0.3) is 0 Å². The van der Waals surface area contributed by atoms with Gasteiger partial charge in [-0.15, -0.1) is 0 Å². The fourth-order valence-electron chi connectivity index (χ4n) is 4.10. The summed E-state index contributed by atoms with van der Waals surface area (Å²) in [5, 5.41) is 9.65. The topological polar surface area (TPSA) is 87.1 Å². The van der Waals surface area contributed by atoms with Crippen molar-refractivity contribution in [1.82, 2.24) is 9.80 Å². The highest BCUT2D eigenvalue weighted by Gasteiger charge is 2.46. The molecule has 2 amide bonds. The highest BCUT2D eigenvalue weighted by atomic mass is 16.5. The molecule has 0 radical (unpaired) electrons. The van der Waals surface area contributed by atoms with Crippen molar-refractivity contribution in [2.45, 2.75) is 25.8 Å². The molecule has 7 heteroatoms. The molecule has 1 aromatic rings. The van der Waals surface area contributed by atoms with Gasteiger partial charge in [-0.3, -0.25) is 14.4 Å². The molecule has 2 fully saturated rings. The summed E-state index contributed by atoms with van der Waals surface area (Å²) in [5.41, 5.74) is -0.0310. The van der Waals surface area contributed by atoms with Gasteiger partial charge in [0.2, 0.25) is 11.8 Å². The summed E-state index contributed by atoms with van der Waals surface area (Å²) < 4.78 is 5.12. The lowest BCUT2D eigenvalue weighted by atomic mass is 9.80. The second-order valence-corrected chi connectivity index (χ2v) is 7.54. The Bertz CT molecular complexity index is 704. The maximum Gasteiger partial charge on any atom is 0.313 e. The van der Waals surface area contributed by atoms with Crippen molar-refractivity contribution in [3.05, 3.63) is 35.9 Å². The van der Waals surface area contributed by atoms with Crippen LogP contribution in [0.2, 0.25) is 0 Å². The summed E-state index contributed by atoms with van der Waals surface area (Å²) in [4.78, 5) is 40.4. The Hall–Kier alpha value is -2.41. The van der Waals surface area contributed by atoms with Crippen molar-refractivity contribution < 1.29 is 24.2 Å². The third-order valence-corrected chi connectivity index (χ3v) is 5.54. The van der Waals surface area contributed by atoms with E-state index in [1.54, 1.807) is 9.80 Å². The standard InChI is InChI=1S/C20H26N2O5/c1-27-14-20(19(25)26)8-5-9-21(13-20)18(24)16-10-17(23)22(12-16)11-15-6-3-2-4-7-15/h2-4,6-7,16H,5,8-14H2,1H3,(H,25,26). The number of hydrogen-bond acceptors (Lipinski definition) is 4. The Morgan fingerprint density at radius 1 is 1.30 bits per heavy atom. The highest BCUT2D eigenvalue weighted by molar-refractivity contribution is 5.89. The number of aliphatic carboxylic acids is 1. The predicted octanol–water partition coefficient (Wildman–Crippen LogP) is 1.37. The molecule has 2 atom stereocenters. The molecule has 2 saturated heterocycles. The molecule has 1 aromatic carbocycles. The van der Waals surface area contributed by atoms with E-state index in [1.807, 2.05) is 30.3 Å². The molecule has 0 aliphatic carbocycles. The van der Waals surface area contributed by atoms with Gasteiger partial charge in [-0.25, -0.2) is 0 Å². The highest BCUT2D eigenvalue weighted by Crippen LogP contribution is 2.33. The number of carbonyl (C=O) groups excluding carboxylic acids is 2. The fraction of sp³-hybridized carbons (Fsp3) is 0.550. The molecule has 2 unspecified atom stereocenters. The molecular formula is C20H26N2O5. The quantitative estimate of drug-likeness (QED) is 0.813. The van der Waals surface area contributed by atoms with E-state index in [1.165, 1.54) is 7.11 Å². The van der Waals surface area contributed by atoms with Crippen LogP contribution in [0.1, 0.15) is 24.8 Å². The van der Waals surface area contributed by atoms with Crippen LogP contribution in [0.3, 0.4) is 0 Å². The molecule has 1 N–H and O–H groups in total.